The Hall–Kier alpha value is -2.15. The number of aromatic carboxylic acids is 1. The van der Waals surface area contributed by atoms with E-state index in [0.717, 1.165) is 32.6 Å². The molecule has 0 spiro atoms. The maximum Gasteiger partial charge on any atom is 0.342 e. The van der Waals surface area contributed by atoms with Gasteiger partial charge < -0.3 is 15.3 Å². The summed E-state index contributed by atoms with van der Waals surface area (Å²) in [5, 5.41) is 23.0. The van der Waals surface area contributed by atoms with Crippen molar-refractivity contribution < 1.29 is 14.8 Å². The highest BCUT2D eigenvalue weighted by Gasteiger charge is 2.22. The van der Waals surface area contributed by atoms with Gasteiger partial charge >= 0.3 is 5.97 Å². The molecule has 1 fully saturated rings. The van der Waals surface area contributed by atoms with Crippen molar-refractivity contribution in [1.29, 1.82) is 0 Å². The third kappa shape index (κ3) is 3.69. The van der Waals surface area contributed by atoms with E-state index in [1.165, 1.54) is 12.1 Å². The maximum absolute atomic E-state index is 10.9. The number of hydrogen-bond donors (Lipinski definition) is 2. The molecular formula is C14H19N3O4. The Kier molecular flexibility index (Phi) is 4.74. The molecule has 1 aromatic carbocycles. The van der Waals surface area contributed by atoms with Gasteiger partial charge in [0, 0.05) is 24.8 Å². The van der Waals surface area contributed by atoms with Gasteiger partial charge in [0.15, 0.2) is 0 Å². The minimum atomic E-state index is -1.29. The number of benzene rings is 1. The van der Waals surface area contributed by atoms with Crippen LogP contribution >= 0.6 is 0 Å². The van der Waals surface area contributed by atoms with Gasteiger partial charge in [-0.3, -0.25) is 10.1 Å². The molecule has 1 atom stereocenters. The van der Waals surface area contributed by atoms with Gasteiger partial charge in [0.1, 0.15) is 5.56 Å². The van der Waals surface area contributed by atoms with Crippen LogP contribution in [0, 0.1) is 16.0 Å². The van der Waals surface area contributed by atoms with Crippen LogP contribution < -0.4 is 5.32 Å². The number of nitrogens with zero attached hydrogens (tertiary/aromatic N) is 2. The molecule has 1 aliphatic rings. The Morgan fingerprint density at radius 2 is 2.33 bits per heavy atom. The minimum absolute atomic E-state index is 0.288. The second-order valence-corrected chi connectivity index (χ2v) is 5.22. The number of anilines is 1. The van der Waals surface area contributed by atoms with Gasteiger partial charge in [0.2, 0.25) is 0 Å². The van der Waals surface area contributed by atoms with E-state index in [4.69, 9.17) is 5.11 Å². The molecule has 1 unspecified atom stereocenters. The molecule has 1 aliphatic heterocycles. The fourth-order valence-electron chi connectivity index (χ4n) is 2.60. The van der Waals surface area contributed by atoms with E-state index in [-0.39, 0.29) is 11.3 Å². The van der Waals surface area contributed by atoms with Crippen molar-refractivity contribution in [3.8, 4) is 0 Å². The second kappa shape index (κ2) is 6.53. The lowest BCUT2D eigenvalue weighted by Gasteiger charge is -2.14. The van der Waals surface area contributed by atoms with Crippen molar-refractivity contribution in [2.75, 3.05) is 31.5 Å². The van der Waals surface area contributed by atoms with Gasteiger partial charge in [-0.15, -0.1) is 0 Å². The van der Waals surface area contributed by atoms with Crippen LogP contribution in [0.3, 0.4) is 0 Å². The minimum Gasteiger partial charge on any atom is -0.477 e. The quantitative estimate of drug-likeness (QED) is 0.615. The summed E-state index contributed by atoms with van der Waals surface area (Å²) in [6.45, 7) is 6.01. The summed E-state index contributed by atoms with van der Waals surface area (Å²) in [5.41, 5.74) is -0.0840. The monoisotopic (exact) mass is 293 g/mol. The number of hydrogen-bond acceptors (Lipinski definition) is 5. The van der Waals surface area contributed by atoms with E-state index in [1.54, 1.807) is 6.07 Å². The van der Waals surface area contributed by atoms with Crippen LogP contribution in [0.1, 0.15) is 23.7 Å². The Balaban J connectivity index is 2.02. The molecule has 21 heavy (non-hydrogen) atoms. The fourth-order valence-corrected chi connectivity index (χ4v) is 2.60. The molecule has 0 amide bonds. The standard InChI is InChI=1S/C14H19N3O4/c1-2-16-6-5-10(9-16)8-15-11-3-4-12(14(18)19)13(7-11)17(20)21/h3-4,7,10,15H,2,5-6,8-9H2,1H3,(H,18,19). The third-order valence-electron chi connectivity index (χ3n) is 3.84. The molecule has 2 N–H and O–H groups in total. The molecule has 7 nitrogen and oxygen atoms in total. The largest absolute Gasteiger partial charge is 0.477 e. The molecule has 7 heteroatoms. The molecule has 0 aromatic heterocycles. The molecule has 0 radical (unpaired) electrons. The highest BCUT2D eigenvalue weighted by atomic mass is 16.6. The molecule has 0 saturated carbocycles. The number of nitro benzene ring substituents is 1. The number of rotatable bonds is 6. The average Bonchev–Trinajstić information content (AvgIpc) is 2.92. The van der Waals surface area contributed by atoms with Crippen LogP contribution in [0.4, 0.5) is 11.4 Å². The van der Waals surface area contributed by atoms with Gasteiger partial charge in [-0.2, -0.15) is 0 Å². The van der Waals surface area contributed by atoms with Gasteiger partial charge in [-0.05, 0) is 37.6 Å². The lowest BCUT2D eigenvalue weighted by molar-refractivity contribution is -0.385. The molecule has 2 rings (SSSR count). The second-order valence-electron chi connectivity index (χ2n) is 5.22. The fraction of sp³-hybridized carbons (Fsp3) is 0.500. The van der Waals surface area contributed by atoms with E-state index in [0.29, 0.717) is 11.6 Å². The first-order valence-electron chi connectivity index (χ1n) is 6.99. The molecule has 0 aliphatic carbocycles. The zero-order valence-electron chi connectivity index (χ0n) is 11.9. The summed E-state index contributed by atoms with van der Waals surface area (Å²) < 4.78 is 0. The predicted molar refractivity (Wildman–Crippen MR) is 78.8 cm³/mol. The number of carbonyl (C=O) groups is 1. The van der Waals surface area contributed by atoms with Crippen LogP contribution in [0.5, 0.6) is 0 Å². The van der Waals surface area contributed by atoms with Gasteiger partial charge in [-0.1, -0.05) is 6.92 Å². The van der Waals surface area contributed by atoms with E-state index < -0.39 is 10.9 Å². The zero-order valence-corrected chi connectivity index (χ0v) is 11.9. The lowest BCUT2D eigenvalue weighted by Crippen LogP contribution is -2.22. The normalized spacial score (nSPS) is 18.6. The molecule has 114 valence electrons. The molecule has 1 heterocycles. The highest BCUT2D eigenvalue weighted by molar-refractivity contribution is 5.93. The lowest BCUT2D eigenvalue weighted by atomic mass is 10.1. The van der Waals surface area contributed by atoms with Gasteiger partial charge in [-0.25, -0.2) is 4.79 Å². The van der Waals surface area contributed by atoms with Gasteiger partial charge in [0.25, 0.3) is 5.69 Å². The summed E-state index contributed by atoms with van der Waals surface area (Å²) in [4.78, 5) is 23.6. The Labute approximate surface area is 122 Å². The maximum atomic E-state index is 10.9. The third-order valence-corrected chi connectivity index (χ3v) is 3.84. The summed E-state index contributed by atoms with van der Waals surface area (Å²) >= 11 is 0. The van der Waals surface area contributed by atoms with Crippen molar-refractivity contribution in [3.05, 3.63) is 33.9 Å². The molecule has 1 aromatic rings. The van der Waals surface area contributed by atoms with Crippen molar-refractivity contribution in [3.63, 3.8) is 0 Å². The number of nitro groups is 1. The van der Waals surface area contributed by atoms with E-state index >= 15 is 0 Å². The van der Waals surface area contributed by atoms with E-state index in [1.807, 2.05) is 0 Å². The van der Waals surface area contributed by atoms with Crippen LogP contribution in [0.25, 0.3) is 0 Å². The number of nitrogens with one attached hydrogen (secondary N) is 1. The van der Waals surface area contributed by atoms with Crippen molar-refractivity contribution in [1.82, 2.24) is 4.90 Å². The van der Waals surface area contributed by atoms with Crippen LogP contribution in [0.2, 0.25) is 0 Å². The average molecular weight is 293 g/mol. The van der Waals surface area contributed by atoms with Crippen molar-refractivity contribution in [2.45, 2.75) is 13.3 Å². The summed E-state index contributed by atoms with van der Waals surface area (Å²) in [5.74, 6) is -0.772. The SMILES string of the molecule is CCN1CCC(CNc2ccc(C(=O)O)c([N+](=O)[O-])c2)C1. The highest BCUT2D eigenvalue weighted by Crippen LogP contribution is 2.24. The molecule has 1 saturated heterocycles. The Morgan fingerprint density at radius 3 is 2.90 bits per heavy atom. The van der Waals surface area contributed by atoms with Crippen LogP contribution in [-0.2, 0) is 0 Å². The molecule has 0 bridgehead atoms. The topological polar surface area (TPSA) is 95.7 Å². The number of carboxylic acid groups (broad SMARTS) is 1. The van der Waals surface area contributed by atoms with E-state index in [2.05, 4.69) is 17.1 Å². The number of carboxylic acids is 1. The van der Waals surface area contributed by atoms with Crippen molar-refractivity contribution in [2.24, 2.45) is 5.92 Å². The Morgan fingerprint density at radius 1 is 1.57 bits per heavy atom. The van der Waals surface area contributed by atoms with E-state index in [9.17, 15) is 14.9 Å². The summed E-state index contributed by atoms with van der Waals surface area (Å²) in [6, 6.07) is 4.13. The first kappa shape index (κ1) is 15.2. The van der Waals surface area contributed by atoms with Crippen LogP contribution in [0.15, 0.2) is 18.2 Å². The van der Waals surface area contributed by atoms with Crippen molar-refractivity contribution >= 4 is 17.3 Å². The Bertz CT molecular complexity index is 547. The zero-order chi connectivity index (χ0) is 15.4. The number of likely N-dealkylation sites (tertiary alicyclic amines) is 1. The summed E-state index contributed by atoms with van der Waals surface area (Å²) in [6.07, 6.45) is 1.11. The summed E-state index contributed by atoms with van der Waals surface area (Å²) in [7, 11) is 0. The predicted octanol–water partition coefficient (Wildman–Crippen LogP) is 2.05. The van der Waals surface area contributed by atoms with Crippen LogP contribution in [-0.4, -0.2) is 47.1 Å². The first-order chi connectivity index (χ1) is 10.0. The first-order valence-corrected chi connectivity index (χ1v) is 6.99. The van der Waals surface area contributed by atoms with Gasteiger partial charge in [0.05, 0.1) is 4.92 Å². The molecular weight excluding hydrogens is 274 g/mol. The smallest absolute Gasteiger partial charge is 0.342 e.